The fraction of sp³-hybridized carbons (Fsp3) is 0.538. The lowest BCUT2D eigenvalue weighted by Crippen LogP contribution is -2.44. The minimum atomic E-state index is -3.78. The highest BCUT2D eigenvalue weighted by atomic mass is 32.2. The van der Waals surface area contributed by atoms with E-state index in [1.54, 1.807) is 6.92 Å². The average molecular weight is 287 g/mol. The van der Waals surface area contributed by atoms with E-state index >= 15 is 0 Å². The van der Waals surface area contributed by atoms with Crippen LogP contribution in [0.25, 0.3) is 0 Å². The topological polar surface area (TPSA) is 66.4 Å². The van der Waals surface area contributed by atoms with Gasteiger partial charge in [-0.2, -0.15) is 0 Å². The van der Waals surface area contributed by atoms with Crippen molar-refractivity contribution >= 4 is 10.0 Å². The van der Waals surface area contributed by atoms with Crippen LogP contribution in [0.2, 0.25) is 0 Å². The Morgan fingerprint density at radius 3 is 2.63 bits per heavy atom. The molecule has 2 N–H and O–H groups in total. The van der Waals surface area contributed by atoms with Crippen LogP contribution in [-0.2, 0) is 10.0 Å². The summed E-state index contributed by atoms with van der Waals surface area (Å²) in [4.78, 5) is -0.103. The van der Waals surface area contributed by atoms with E-state index in [1.807, 2.05) is 0 Å². The quantitative estimate of drug-likeness (QED) is 0.889. The van der Waals surface area contributed by atoms with Crippen LogP contribution in [0.4, 0.5) is 4.39 Å². The molecule has 0 amide bonds. The van der Waals surface area contributed by atoms with Gasteiger partial charge in [0, 0.05) is 6.04 Å². The molecule has 1 aliphatic carbocycles. The summed E-state index contributed by atoms with van der Waals surface area (Å²) >= 11 is 0. The SMILES string of the molecule is Cc1ccc(S(=O)(=O)N[C@@H]2CCCC[C@H]2O)cc1F. The lowest BCUT2D eigenvalue weighted by Gasteiger charge is -2.28. The maximum Gasteiger partial charge on any atom is 0.241 e. The second-order valence-electron chi connectivity index (χ2n) is 4.99. The zero-order chi connectivity index (χ0) is 14.0. The molecule has 19 heavy (non-hydrogen) atoms. The van der Waals surface area contributed by atoms with Crippen molar-refractivity contribution in [1.29, 1.82) is 0 Å². The van der Waals surface area contributed by atoms with E-state index < -0.39 is 28.0 Å². The van der Waals surface area contributed by atoms with Crippen LogP contribution in [0, 0.1) is 12.7 Å². The van der Waals surface area contributed by atoms with E-state index in [0.717, 1.165) is 18.9 Å². The van der Waals surface area contributed by atoms with Crippen molar-refractivity contribution in [2.24, 2.45) is 0 Å². The lowest BCUT2D eigenvalue weighted by atomic mass is 9.93. The van der Waals surface area contributed by atoms with Crippen LogP contribution in [-0.4, -0.2) is 25.7 Å². The number of benzene rings is 1. The first-order valence-electron chi connectivity index (χ1n) is 6.37. The van der Waals surface area contributed by atoms with Crippen molar-refractivity contribution in [3.05, 3.63) is 29.6 Å². The Morgan fingerprint density at radius 1 is 1.32 bits per heavy atom. The number of aryl methyl sites for hydroxylation is 1. The smallest absolute Gasteiger partial charge is 0.241 e. The van der Waals surface area contributed by atoms with E-state index in [-0.39, 0.29) is 4.90 Å². The van der Waals surface area contributed by atoms with Gasteiger partial charge in [0.2, 0.25) is 10.0 Å². The molecule has 0 saturated heterocycles. The van der Waals surface area contributed by atoms with Crippen molar-refractivity contribution in [3.8, 4) is 0 Å². The molecule has 106 valence electrons. The summed E-state index contributed by atoms with van der Waals surface area (Å²) < 4.78 is 40.1. The maximum absolute atomic E-state index is 13.4. The average Bonchev–Trinajstić information content (AvgIpc) is 2.35. The normalized spacial score (nSPS) is 24.4. The van der Waals surface area contributed by atoms with Gasteiger partial charge in [-0.3, -0.25) is 0 Å². The molecule has 6 heteroatoms. The van der Waals surface area contributed by atoms with Crippen LogP contribution >= 0.6 is 0 Å². The Bertz CT molecular complexity index is 559. The summed E-state index contributed by atoms with van der Waals surface area (Å²) in [6, 6.07) is 3.33. The van der Waals surface area contributed by atoms with Crippen molar-refractivity contribution in [3.63, 3.8) is 0 Å². The number of aliphatic hydroxyl groups excluding tert-OH is 1. The molecular weight excluding hydrogens is 269 g/mol. The van der Waals surface area contributed by atoms with Crippen molar-refractivity contribution in [2.75, 3.05) is 0 Å². The number of nitrogens with one attached hydrogen (secondary N) is 1. The predicted molar refractivity (Wildman–Crippen MR) is 69.7 cm³/mol. The zero-order valence-corrected chi connectivity index (χ0v) is 11.6. The van der Waals surface area contributed by atoms with E-state index in [2.05, 4.69) is 4.72 Å². The summed E-state index contributed by atoms with van der Waals surface area (Å²) in [7, 11) is -3.78. The molecule has 0 unspecified atom stereocenters. The fourth-order valence-corrected chi connectivity index (χ4v) is 3.57. The molecule has 0 spiro atoms. The van der Waals surface area contributed by atoms with Crippen LogP contribution in [0.5, 0.6) is 0 Å². The fourth-order valence-electron chi connectivity index (χ4n) is 2.26. The van der Waals surface area contributed by atoms with Gasteiger partial charge in [-0.1, -0.05) is 18.9 Å². The third-order valence-corrected chi connectivity index (χ3v) is 4.98. The number of rotatable bonds is 3. The predicted octanol–water partition coefficient (Wildman–Crippen LogP) is 1.72. The van der Waals surface area contributed by atoms with E-state index in [9.17, 15) is 17.9 Å². The number of sulfonamides is 1. The Hall–Kier alpha value is -0.980. The first-order valence-corrected chi connectivity index (χ1v) is 7.85. The van der Waals surface area contributed by atoms with Crippen molar-refractivity contribution in [1.82, 2.24) is 4.72 Å². The number of aliphatic hydroxyl groups is 1. The van der Waals surface area contributed by atoms with Gasteiger partial charge in [0.15, 0.2) is 0 Å². The number of hydrogen-bond donors (Lipinski definition) is 2. The molecule has 1 fully saturated rings. The van der Waals surface area contributed by atoms with Crippen LogP contribution < -0.4 is 4.72 Å². The number of halogens is 1. The van der Waals surface area contributed by atoms with Crippen LogP contribution in [0.15, 0.2) is 23.1 Å². The molecular formula is C13H18FNO3S. The maximum atomic E-state index is 13.4. The first-order chi connectivity index (χ1) is 8.90. The molecule has 0 bridgehead atoms. The monoisotopic (exact) mass is 287 g/mol. The highest BCUT2D eigenvalue weighted by Crippen LogP contribution is 2.21. The molecule has 2 rings (SSSR count). The molecule has 0 heterocycles. The molecule has 1 aliphatic rings. The largest absolute Gasteiger partial charge is 0.391 e. The Labute approximate surface area is 112 Å². The molecule has 0 aromatic heterocycles. The van der Waals surface area contributed by atoms with Crippen LogP contribution in [0.1, 0.15) is 31.2 Å². The molecule has 0 aliphatic heterocycles. The van der Waals surface area contributed by atoms with Gasteiger partial charge in [0.1, 0.15) is 5.82 Å². The van der Waals surface area contributed by atoms with E-state index in [4.69, 9.17) is 0 Å². The minimum absolute atomic E-state index is 0.103. The van der Waals surface area contributed by atoms with Gasteiger partial charge in [-0.05, 0) is 37.5 Å². The molecule has 4 nitrogen and oxygen atoms in total. The van der Waals surface area contributed by atoms with Gasteiger partial charge in [0.05, 0.1) is 11.0 Å². The van der Waals surface area contributed by atoms with Crippen molar-refractivity contribution < 1.29 is 17.9 Å². The second-order valence-corrected chi connectivity index (χ2v) is 6.70. The van der Waals surface area contributed by atoms with Crippen LogP contribution in [0.3, 0.4) is 0 Å². The summed E-state index contributed by atoms with van der Waals surface area (Å²) in [5.41, 5.74) is 0.400. The van der Waals surface area contributed by atoms with Gasteiger partial charge in [0.25, 0.3) is 0 Å². The van der Waals surface area contributed by atoms with Gasteiger partial charge in [-0.25, -0.2) is 17.5 Å². The highest BCUT2D eigenvalue weighted by molar-refractivity contribution is 7.89. The summed E-state index contributed by atoms with van der Waals surface area (Å²) in [5.74, 6) is -0.549. The minimum Gasteiger partial charge on any atom is -0.391 e. The Balaban J connectivity index is 2.19. The Kier molecular flexibility index (Phi) is 4.23. The third kappa shape index (κ3) is 3.32. The molecule has 2 atom stereocenters. The van der Waals surface area contributed by atoms with Gasteiger partial charge >= 0.3 is 0 Å². The second kappa shape index (κ2) is 5.56. The molecule has 1 saturated carbocycles. The molecule has 0 radical (unpaired) electrons. The molecule has 1 aromatic rings. The summed E-state index contributed by atoms with van der Waals surface area (Å²) in [5, 5.41) is 9.78. The zero-order valence-electron chi connectivity index (χ0n) is 10.8. The van der Waals surface area contributed by atoms with Gasteiger partial charge in [-0.15, -0.1) is 0 Å². The van der Waals surface area contributed by atoms with E-state index in [1.165, 1.54) is 12.1 Å². The third-order valence-electron chi connectivity index (χ3n) is 3.49. The van der Waals surface area contributed by atoms with Crippen molar-refractivity contribution in [2.45, 2.75) is 49.6 Å². The van der Waals surface area contributed by atoms with Gasteiger partial charge < -0.3 is 5.11 Å². The standard InChI is InChI=1S/C13H18FNO3S/c1-9-6-7-10(8-11(9)14)19(17,18)15-12-4-2-3-5-13(12)16/h6-8,12-13,15-16H,2-5H2,1H3/t12-,13-/m1/s1. The Morgan fingerprint density at radius 2 is 2.00 bits per heavy atom. The first kappa shape index (κ1) is 14.4. The highest BCUT2D eigenvalue weighted by Gasteiger charge is 2.28. The molecule has 1 aromatic carbocycles. The number of hydrogen-bond acceptors (Lipinski definition) is 3. The summed E-state index contributed by atoms with van der Waals surface area (Å²) in [6.07, 6.45) is 2.31. The van der Waals surface area contributed by atoms with E-state index in [0.29, 0.717) is 18.4 Å². The summed E-state index contributed by atoms with van der Waals surface area (Å²) in [6.45, 7) is 1.57. The lowest BCUT2D eigenvalue weighted by molar-refractivity contribution is 0.101.